The zero-order valence-corrected chi connectivity index (χ0v) is 9.44. The largest absolute Gasteiger partial charge is 0.508 e. The minimum absolute atomic E-state index is 0.0385. The smallest absolute Gasteiger partial charge is 0.157 e. The maximum absolute atomic E-state index is 9.68. The Labute approximate surface area is 103 Å². The van der Waals surface area contributed by atoms with Crippen molar-refractivity contribution in [2.45, 2.75) is 0 Å². The average Bonchev–Trinajstić information content (AvgIpc) is 2.28. The molecule has 0 saturated carbocycles. The van der Waals surface area contributed by atoms with Gasteiger partial charge in [0.2, 0.25) is 0 Å². The second-order valence-corrected chi connectivity index (χ2v) is 3.87. The van der Waals surface area contributed by atoms with Gasteiger partial charge in [0.25, 0.3) is 0 Å². The standard InChI is InChI=1S/C12H10ClNO3/c13-8-2-1-3-10(12(8)17)14-9-5-4-7(15)6-11(9)16/h1-6,14-17H. The number of halogens is 1. The minimum Gasteiger partial charge on any atom is -0.508 e. The molecule has 0 fully saturated rings. The van der Waals surface area contributed by atoms with E-state index in [-0.39, 0.29) is 22.3 Å². The zero-order chi connectivity index (χ0) is 12.4. The molecule has 17 heavy (non-hydrogen) atoms. The van der Waals surface area contributed by atoms with Gasteiger partial charge in [-0.25, -0.2) is 0 Å². The van der Waals surface area contributed by atoms with Crippen LogP contribution in [0.3, 0.4) is 0 Å². The molecule has 0 bridgehead atoms. The van der Waals surface area contributed by atoms with Gasteiger partial charge in [0.1, 0.15) is 11.5 Å². The monoisotopic (exact) mass is 251 g/mol. The molecule has 88 valence electrons. The van der Waals surface area contributed by atoms with Crippen LogP contribution in [0.25, 0.3) is 0 Å². The van der Waals surface area contributed by atoms with E-state index >= 15 is 0 Å². The molecule has 4 N–H and O–H groups in total. The van der Waals surface area contributed by atoms with Crippen molar-refractivity contribution in [2.75, 3.05) is 5.32 Å². The molecule has 4 nitrogen and oxygen atoms in total. The molecule has 0 aliphatic heterocycles. The number of hydrogen-bond acceptors (Lipinski definition) is 4. The van der Waals surface area contributed by atoms with E-state index in [9.17, 15) is 10.2 Å². The molecule has 0 atom stereocenters. The van der Waals surface area contributed by atoms with Crippen LogP contribution in [0.1, 0.15) is 0 Å². The highest BCUT2D eigenvalue weighted by molar-refractivity contribution is 6.32. The summed E-state index contributed by atoms with van der Waals surface area (Å²) >= 11 is 5.75. The number of para-hydroxylation sites is 1. The molecule has 0 saturated heterocycles. The maximum atomic E-state index is 9.68. The average molecular weight is 252 g/mol. The highest BCUT2D eigenvalue weighted by Crippen LogP contribution is 2.36. The molecule has 0 radical (unpaired) electrons. The maximum Gasteiger partial charge on any atom is 0.157 e. The van der Waals surface area contributed by atoms with Crippen LogP contribution >= 0.6 is 11.6 Å². The first kappa shape index (κ1) is 11.4. The number of phenols is 3. The molecular weight excluding hydrogens is 242 g/mol. The summed E-state index contributed by atoms with van der Waals surface area (Å²) in [6.45, 7) is 0. The summed E-state index contributed by atoms with van der Waals surface area (Å²) in [5, 5.41) is 31.4. The van der Waals surface area contributed by atoms with E-state index in [0.717, 1.165) is 0 Å². The molecule has 0 spiro atoms. The molecule has 5 heteroatoms. The van der Waals surface area contributed by atoms with Gasteiger partial charge in [0.15, 0.2) is 5.75 Å². The first-order chi connectivity index (χ1) is 8.08. The van der Waals surface area contributed by atoms with Crippen LogP contribution in [0.2, 0.25) is 5.02 Å². The Bertz CT molecular complexity index is 557. The lowest BCUT2D eigenvalue weighted by Crippen LogP contribution is -1.91. The van der Waals surface area contributed by atoms with Crippen LogP contribution < -0.4 is 5.32 Å². The van der Waals surface area contributed by atoms with Gasteiger partial charge >= 0.3 is 0 Å². The molecular formula is C12H10ClNO3. The fraction of sp³-hybridized carbons (Fsp3) is 0. The van der Waals surface area contributed by atoms with Crippen molar-refractivity contribution < 1.29 is 15.3 Å². The van der Waals surface area contributed by atoms with E-state index in [2.05, 4.69) is 5.32 Å². The van der Waals surface area contributed by atoms with Crippen molar-refractivity contribution in [3.63, 3.8) is 0 Å². The Morgan fingerprint density at radius 2 is 1.71 bits per heavy atom. The molecule has 0 aliphatic rings. The highest BCUT2D eigenvalue weighted by Gasteiger charge is 2.08. The van der Waals surface area contributed by atoms with Crippen molar-refractivity contribution in [3.05, 3.63) is 41.4 Å². The second-order valence-electron chi connectivity index (χ2n) is 3.46. The van der Waals surface area contributed by atoms with Gasteiger partial charge in [-0.3, -0.25) is 0 Å². The highest BCUT2D eigenvalue weighted by atomic mass is 35.5. The molecule has 0 aliphatic carbocycles. The molecule has 2 aromatic rings. The van der Waals surface area contributed by atoms with Crippen molar-refractivity contribution in [1.29, 1.82) is 0 Å². The molecule has 2 rings (SSSR count). The first-order valence-electron chi connectivity index (χ1n) is 4.84. The summed E-state index contributed by atoms with van der Waals surface area (Å²) in [7, 11) is 0. The summed E-state index contributed by atoms with van der Waals surface area (Å²) in [6.07, 6.45) is 0. The van der Waals surface area contributed by atoms with Gasteiger partial charge in [0, 0.05) is 6.07 Å². The van der Waals surface area contributed by atoms with Crippen LogP contribution in [0.4, 0.5) is 11.4 Å². The van der Waals surface area contributed by atoms with Gasteiger partial charge in [-0.2, -0.15) is 0 Å². The van der Waals surface area contributed by atoms with Crippen molar-refractivity contribution in [2.24, 2.45) is 0 Å². The number of phenolic OH excluding ortho intramolecular Hbond substituents is 3. The Balaban J connectivity index is 2.35. The van der Waals surface area contributed by atoms with Crippen LogP contribution in [0.5, 0.6) is 17.2 Å². The van der Waals surface area contributed by atoms with E-state index in [1.807, 2.05) is 0 Å². The van der Waals surface area contributed by atoms with Gasteiger partial charge < -0.3 is 20.6 Å². The molecule has 0 unspecified atom stereocenters. The Hall–Kier alpha value is -2.07. The Morgan fingerprint density at radius 1 is 0.941 bits per heavy atom. The number of rotatable bonds is 2. The Kier molecular flexibility index (Phi) is 2.97. The van der Waals surface area contributed by atoms with E-state index in [1.165, 1.54) is 18.2 Å². The predicted molar refractivity (Wildman–Crippen MR) is 66.2 cm³/mol. The third kappa shape index (κ3) is 2.37. The zero-order valence-electron chi connectivity index (χ0n) is 8.68. The first-order valence-corrected chi connectivity index (χ1v) is 5.22. The van der Waals surface area contributed by atoms with Crippen LogP contribution in [0, 0.1) is 0 Å². The molecule has 0 heterocycles. The van der Waals surface area contributed by atoms with Gasteiger partial charge in [-0.05, 0) is 24.3 Å². The molecule has 0 aromatic heterocycles. The van der Waals surface area contributed by atoms with E-state index < -0.39 is 0 Å². The number of nitrogens with one attached hydrogen (secondary N) is 1. The van der Waals surface area contributed by atoms with Crippen LogP contribution in [-0.2, 0) is 0 Å². The lowest BCUT2D eigenvalue weighted by atomic mass is 10.2. The normalized spacial score (nSPS) is 10.2. The lowest BCUT2D eigenvalue weighted by Gasteiger charge is -2.10. The van der Waals surface area contributed by atoms with Crippen LogP contribution in [-0.4, -0.2) is 15.3 Å². The number of aromatic hydroxyl groups is 3. The van der Waals surface area contributed by atoms with Gasteiger partial charge in [-0.15, -0.1) is 0 Å². The molecule has 2 aromatic carbocycles. The predicted octanol–water partition coefficient (Wildman–Crippen LogP) is 3.20. The summed E-state index contributed by atoms with van der Waals surface area (Å²) in [5.74, 6) is -0.255. The minimum atomic E-state index is -0.121. The summed E-state index contributed by atoms with van der Waals surface area (Å²) < 4.78 is 0. The third-order valence-electron chi connectivity index (χ3n) is 2.24. The van der Waals surface area contributed by atoms with Crippen LogP contribution in [0.15, 0.2) is 36.4 Å². The third-order valence-corrected chi connectivity index (χ3v) is 2.54. The molecule has 0 amide bonds. The topological polar surface area (TPSA) is 72.7 Å². The second kappa shape index (κ2) is 4.43. The van der Waals surface area contributed by atoms with E-state index in [0.29, 0.717) is 11.4 Å². The number of anilines is 2. The number of hydrogen-bond donors (Lipinski definition) is 4. The summed E-state index contributed by atoms with van der Waals surface area (Å²) in [4.78, 5) is 0. The SMILES string of the molecule is Oc1ccc(Nc2cccc(Cl)c2O)c(O)c1. The van der Waals surface area contributed by atoms with Crippen molar-refractivity contribution in [3.8, 4) is 17.2 Å². The fourth-order valence-corrected chi connectivity index (χ4v) is 1.56. The van der Waals surface area contributed by atoms with E-state index in [4.69, 9.17) is 16.7 Å². The van der Waals surface area contributed by atoms with Gasteiger partial charge in [-0.1, -0.05) is 17.7 Å². The van der Waals surface area contributed by atoms with E-state index in [1.54, 1.807) is 18.2 Å². The van der Waals surface area contributed by atoms with Crippen molar-refractivity contribution >= 4 is 23.0 Å². The fourth-order valence-electron chi connectivity index (χ4n) is 1.39. The Morgan fingerprint density at radius 3 is 2.41 bits per heavy atom. The summed E-state index contributed by atoms with van der Waals surface area (Å²) in [6, 6.07) is 8.95. The van der Waals surface area contributed by atoms with Gasteiger partial charge in [0.05, 0.1) is 16.4 Å². The lowest BCUT2D eigenvalue weighted by molar-refractivity contribution is 0.452. The quantitative estimate of drug-likeness (QED) is 0.489. The number of benzene rings is 2. The summed E-state index contributed by atoms with van der Waals surface area (Å²) in [5.41, 5.74) is 0.735. The van der Waals surface area contributed by atoms with Crippen molar-refractivity contribution in [1.82, 2.24) is 0 Å².